The van der Waals surface area contributed by atoms with E-state index in [9.17, 15) is 9.18 Å². The predicted octanol–water partition coefficient (Wildman–Crippen LogP) is 1.97. The van der Waals surface area contributed by atoms with Crippen LogP contribution < -0.4 is 5.32 Å². The zero-order valence-corrected chi connectivity index (χ0v) is 8.39. The summed E-state index contributed by atoms with van der Waals surface area (Å²) in [6, 6.07) is 3.19. The Bertz CT molecular complexity index is 533. The van der Waals surface area contributed by atoms with E-state index in [4.69, 9.17) is 0 Å². The maximum Gasteiger partial charge on any atom is 0.221 e. The fraction of sp³-hybridized carbons (Fsp3) is 0.200. The Balaban J connectivity index is 2.58. The Morgan fingerprint density at radius 3 is 2.93 bits per heavy atom. The number of hydrogen-bond donors (Lipinski definition) is 2. The van der Waals surface area contributed by atoms with Crippen LogP contribution in [0, 0.1) is 12.7 Å². The lowest BCUT2D eigenvalue weighted by molar-refractivity contribution is -0.114. The van der Waals surface area contributed by atoms with Gasteiger partial charge in [0, 0.05) is 6.92 Å². The number of carbonyl (C=O) groups excluding carboxylic acids is 1. The molecule has 1 heterocycles. The molecular weight excluding hydrogens is 197 g/mol. The SMILES string of the molecule is CC(=O)Nc1ccc2[nH]c(C)nc2c1F. The lowest BCUT2D eigenvalue weighted by Crippen LogP contribution is -2.07. The van der Waals surface area contributed by atoms with Gasteiger partial charge in [0.1, 0.15) is 11.3 Å². The molecule has 1 aromatic carbocycles. The number of benzene rings is 1. The van der Waals surface area contributed by atoms with Crippen molar-refractivity contribution in [3.8, 4) is 0 Å². The Kier molecular flexibility index (Phi) is 2.15. The van der Waals surface area contributed by atoms with Crippen LogP contribution in [0.1, 0.15) is 12.7 Å². The summed E-state index contributed by atoms with van der Waals surface area (Å²) < 4.78 is 13.7. The van der Waals surface area contributed by atoms with Crippen LogP contribution in [-0.2, 0) is 4.79 Å². The molecular formula is C10H10FN3O. The third-order valence-corrected chi connectivity index (χ3v) is 2.02. The van der Waals surface area contributed by atoms with Gasteiger partial charge in [-0.25, -0.2) is 9.37 Å². The average Bonchev–Trinajstić information content (AvgIpc) is 2.51. The second-order valence-electron chi connectivity index (χ2n) is 3.33. The van der Waals surface area contributed by atoms with E-state index in [0.29, 0.717) is 11.3 Å². The van der Waals surface area contributed by atoms with Gasteiger partial charge in [-0.3, -0.25) is 4.79 Å². The minimum Gasteiger partial charge on any atom is -0.342 e. The molecule has 1 aromatic heterocycles. The molecule has 2 aromatic rings. The summed E-state index contributed by atoms with van der Waals surface area (Å²) >= 11 is 0. The number of carbonyl (C=O) groups is 1. The first kappa shape index (κ1) is 9.64. The summed E-state index contributed by atoms with van der Waals surface area (Å²) in [7, 11) is 0. The number of nitrogens with one attached hydrogen (secondary N) is 2. The third kappa shape index (κ3) is 1.68. The fourth-order valence-corrected chi connectivity index (χ4v) is 1.45. The van der Waals surface area contributed by atoms with Crippen molar-refractivity contribution in [2.75, 3.05) is 5.32 Å². The van der Waals surface area contributed by atoms with Crippen molar-refractivity contribution < 1.29 is 9.18 Å². The van der Waals surface area contributed by atoms with Gasteiger partial charge in [0.25, 0.3) is 0 Å². The summed E-state index contributed by atoms with van der Waals surface area (Å²) in [5, 5.41) is 2.41. The molecule has 78 valence electrons. The number of H-pyrrole nitrogens is 1. The molecule has 4 nitrogen and oxygen atoms in total. The summed E-state index contributed by atoms with van der Waals surface area (Å²) in [6.07, 6.45) is 0. The van der Waals surface area contributed by atoms with Crippen molar-refractivity contribution in [2.45, 2.75) is 13.8 Å². The topological polar surface area (TPSA) is 57.8 Å². The first-order valence-electron chi connectivity index (χ1n) is 4.50. The zero-order valence-electron chi connectivity index (χ0n) is 8.39. The van der Waals surface area contributed by atoms with Crippen molar-refractivity contribution in [3.05, 3.63) is 23.8 Å². The highest BCUT2D eigenvalue weighted by molar-refractivity contribution is 5.91. The molecule has 0 bridgehead atoms. The van der Waals surface area contributed by atoms with Crippen molar-refractivity contribution in [1.82, 2.24) is 9.97 Å². The molecule has 0 aliphatic carbocycles. The molecule has 0 fully saturated rings. The van der Waals surface area contributed by atoms with Gasteiger partial charge in [-0.1, -0.05) is 0 Å². The van der Waals surface area contributed by atoms with Gasteiger partial charge in [0.05, 0.1) is 11.2 Å². The van der Waals surface area contributed by atoms with Crippen molar-refractivity contribution in [2.24, 2.45) is 0 Å². The number of hydrogen-bond acceptors (Lipinski definition) is 2. The number of halogens is 1. The molecule has 0 aliphatic heterocycles. The lowest BCUT2D eigenvalue weighted by Gasteiger charge is -2.02. The number of imidazole rings is 1. The van der Waals surface area contributed by atoms with Crippen LogP contribution >= 0.6 is 0 Å². The Hall–Kier alpha value is -1.91. The van der Waals surface area contributed by atoms with Crippen LogP contribution in [0.2, 0.25) is 0 Å². The van der Waals surface area contributed by atoms with Gasteiger partial charge in [-0.2, -0.15) is 0 Å². The molecule has 0 radical (unpaired) electrons. The Labute approximate surface area is 85.5 Å². The van der Waals surface area contributed by atoms with Gasteiger partial charge < -0.3 is 10.3 Å². The predicted molar refractivity (Wildman–Crippen MR) is 55.1 cm³/mol. The first-order chi connectivity index (χ1) is 7.08. The zero-order chi connectivity index (χ0) is 11.0. The number of anilines is 1. The van der Waals surface area contributed by atoms with E-state index < -0.39 is 5.82 Å². The van der Waals surface area contributed by atoms with Gasteiger partial charge in [0.2, 0.25) is 5.91 Å². The Morgan fingerprint density at radius 2 is 2.27 bits per heavy atom. The first-order valence-corrected chi connectivity index (χ1v) is 4.50. The molecule has 0 aliphatic rings. The fourth-order valence-electron chi connectivity index (χ4n) is 1.45. The number of aromatic nitrogens is 2. The molecule has 0 unspecified atom stereocenters. The molecule has 0 saturated heterocycles. The summed E-state index contributed by atoms with van der Waals surface area (Å²) in [5.74, 6) is -0.170. The van der Waals surface area contributed by atoms with E-state index in [1.54, 1.807) is 13.0 Å². The van der Waals surface area contributed by atoms with E-state index >= 15 is 0 Å². The highest BCUT2D eigenvalue weighted by Crippen LogP contribution is 2.22. The molecule has 2 rings (SSSR count). The molecule has 0 spiro atoms. The summed E-state index contributed by atoms with van der Waals surface area (Å²) in [6.45, 7) is 3.08. The van der Waals surface area contributed by atoms with Crippen LogP contribution in [0.15, 0.2) is 12.1 Å². The highest BCUT2D eigenvalue weighted by atomic mass is 19.1. The molecule has 0 saturated carbocycles. The molecule has 5 heteroatoms. The number of rotatable bonds is 1. The van der Waals surface area contributed by atoms with Gasteiger partial charge >= 0.3 is 0 Å². The standard InChI is InChI=1S/C10H10FN3O/c1-5-12-8-4-3-7(14-6(2)15)9(11)10(8)13-5/h3-4H,1-2H3,(H,12,13)(H,14,15). The van der Waals surface area contributed by atoms with Gasteiger partial charge in [-0.05, 0) is 19.1 Å². The van der Waals surface area contributed by atoms with Crippen LogP contribution in [0.3, 0.4) is 0 Å². The van der Waals surface area contributed by atoms with Crippen LogP contribution in [0.25, 0.3) is 11.0 Å². The molecule has 1 amide bonds. The van der Waals surface area contributed by atoms with Crippen LogP contribution in [0.5, 0.6) is 0 Å². The van der Waals surface area contributed by atoms with Crippen molar-refractivity contribution in [3.63, 3.8) is 0 Å². The van der Waals surface area contributed by atoms with Crippen molar-refractivity contribution >= 4 is 22.6 Å². The number of aryl methyl sites for hydroxylation is 1. The normalized spacial score (nSPS) is 10.6. The van der Waals surface area contributed by atoms with E-state index in [1.807, 2.05) is 0 Å². The number of nitrogens with zero attached hydrogens (tertiary/aromatic N) is 1. The minimum atomic E-state index is -0.507. The van der Waals surface area contributed by atoms with E-state index in [-0.39, 0.29) is 17.1 Å². The summed E-state index contributed by atoms with van der Waals surface area (Å²) in [5.41, 5.74) is 1.03. The maximum absolute atomic E-state index is 13.7. The highest BCUT2D eigenvalue weighted by Gasteiger charge is 2.11. The maximum atomic E-state index is 13.7. The lowest BCUT2D eigenvalue weighted by atomic mass is 10.2. The second-order valence-corrected chi connectivity index (χ2v) is 3.33. The van der Waals surface area contributed by atoms with Gasteiger partial charge in [-0.15, -0.1) is 0 Å². The van der Waals surface area contributed by atoms with E-state index in [1.165, 1.54) is 13.0 Å². The number of fused-ring (bicyclic) bond motifs is 1. The third-order valence-electron chi connectivity index (χ3n) is 2.02. The summed E-state index contributed by atoms with van der Waals surface area (Å²) in [4.78, 5) is 17.7. The minimum absolute atomic E-state index is 0.154. The molecule has 0 atom stereocenters. The van der Waals surface area contributed by atoms with Crippen LogP contribution in [-0.4, -0.2) is 15.9 Å². The quantitative estimate of drug-likeness (QED) is 0.751. The van der Waals surface area contributed by atoms with Crippen molar-refractivity contribution in [1.29, 1.82) is 0 Å². The smallest absolute Gasteiger partial charge is 0.221 e. The Morgan fingerprint density at radius 1 is 1.53 bits per heavy atom. The number of aromatic amines is 1. The van der Waals surface area contributed by atoms with Gasteiger partial charge in [0.15, 0.2) is 5.82 Å². The second kappa shape index (κ2) is 3.34. The van der Waals surface area contributed by atoms with Crippen LogP contribution in [0.4, 0.5) is 10.1 Å². The number of amides is 1. The monoisotopic (exact) mass is 207 g/mol. The molecule has 2 N–H and O–H groups in total. The average molecular weight is 207 g/mol. The largest absolute Gasteiger partial charge is 0.342 e. The van der Waals surface area contributed by atoms with E-state index in [0.717, 1.165) is 0 Å². The molecule has 15 heavy (non-hydrogen) atoms. The van der Waals surface area contributed by atoms with E-state index in [2.05, 4.69) is 15.3 Å².